The van der Waals surface area contributed by atoms with Gasteiger partial charge in [0, 0.05) is 24.7 Å². The second-order valence-electron chi connectivity index (χ2n) is 5.66. The summed E-state index contributed by atoms with van der Waals surface area (Å²) in [7, 11) is 1.47. The van der Waals surface area contributed by atoms with E-state index in [2.05, 4.69) is 5.32 Å². The lowest BCUT2D eigenvalue weighted by atomic mass is 10.1. The highest BCUT2D eigenvalue weighted by Gasteiger charge is 2.32. The Morgan fingerprint density at radius 2 is 2.13 bits per heavy atom. The summed E-state index contributed by atoms with van der Waals surface area (Å²) in [4.78, 5) is 12.4. The molecule has 5 heteroatoms. The average Bonchev–Trinajstić information content (AvgIpc) is 2.85. The Kier molecular flexibility index (Phi) is 4.41. The Morgan fingerprint density at radius 3 is 2.91 bits per heavy atom. The fraction of sp³-hybridized carbons (Fsp3) is 0.278. The Bertz CT molecular complexity index is 732. The summed E-state index contributed by atoms with van der Waals surface area (Å²) < 4.78 is 18.6. The number of amides is 1. The van der Waals surface area contributed by atoms with Gasteiger partial charge in [-0.25, -0.2) is 4.39 Å². The minimum atomic E-state index is -0.657. The smallest absolute Gasteiger partial charge is 0.251 e. The molecule has 1 aliphatic carbocycles. The zero-order valence-corrected chi connectivity index (χ0v) is 12.8. The minimum Gasteiger partial charge on any atom is -0.390 e. The molecular weight excluding hydrogens is 297 g/mol. The third-order valence-electron chi connectivity index (χ3n) is 4.10. The van der Waals surface area contributed by atoms with E-state index in [1.807, 2.05) is 24.3 Å². The third-order valence-corrected chi connectivity index (χ3v) is 4.10. The summed E-state index contributed by atoms with van der Waals surface area (Å²) >= 11 is 0. The Labute approximate surface area is 133 Å². The first-order valence-corrected chi connectivity index (χ1v) is 7.44. The zero-order chi connectivity index (χ0) is 16.4. The number of nitrogens with one attached hydrogen (secondary N) is 1. The summed E-state index contributed by atoms with van der Waals surface area (Å²) in [5.74, 6) is -0.752. The number of carbonyl (C=O) groups is 1. The largest absolute Gasteiger partial charge is 0.390 e. The molecule has 1 aliphatic rings. The lowest BCUT2D eigenvalue weighted by Crippen LogP contribution is -2.33. The number of carbonyl (C=O) groups excluding carboxylic acids is 1. The van der Waals surface area contributed by atoms with Crippen LogP contribution in [0.5, 0.6) is 0 Å². The van der Waals surface area contributed by atoms with Gasteiger partial charge in [0.25, 0.3) is 5.91 Å². The van der Waals surface area contributed by atoms with E-state index in [-0.39, 0.29) is 12.5 Å². The molecule has 2 N–H and O–H groups in total. The fourth-order valence-corrected chi connectivity index (χ4v) is 2.95. The first kappa shape index (κ1) is 15.6. The highest BCUT2D eigenvalue weighted by atomic mass is 19.1. The number of ether oxygens (including phenoxy) is 1. The number of hydrogen-bond acceptors (Lipinski definition) is 3. The molecular formula is C18H18FNO3. The van der Waals surface area contributed by atoms with Crippen LogP contribution in [0.15, 0.2) is 42.5 Å². The van der Waals surface area contributed by atoms with Crippen molar-refractivity contribution in [3.05, 3.63) is 70.5 Å². The molecule has 0 bridgehead atoms. The molecule has 0 spiro atoms. The molecule has 0 saturated carbocycles. The van der Waals surface area contributed by atoms with Crippen molar-refractivity contribution in [1.29, 1.82) is 0 Å². The van der Waals surface area contributed by atoms with Gasteiger partial charge in [0.05, 0.1) is 18.8 Å². The van der Waals surface area contributed by atoms with Crippen molar-refractivity contribution in [3.63, 3.8) is 0 Å². The van der Waals surface area contributed by atoms with E-state index >= 15 is 0 Å². The normalized spacial score (nSPS) is 19.4. The van der Waals surface area contributed by atoms with Gasteiger partial charge in [-0.1, -0.05) is 24.3 Å². The SMILES string of the molecule is COCc1cc(C(=O)N[C@@H]2c3ccccc3C[C@@H]2O)ccc1F. The first-order valence-electron chi connectivity index (χ1n) is 7.44. The molecule has 0 radical (unpaired) electrons. The molecule has 0 heterocycles. The van der Waals surface area contributed by atoms with Crippen LogP contribution in [0, 0.1) is 5.82 Å². The second kappa shape index (κ2) is 6.48. The van der Waals surface area contributed by atoms with Crippen molar-refractivity contribution >= 4 is 5.91 Å². The van der Waals surface area contributed by atoms with Crippen molar-refractivity contribution in [1.82, 2.24) is 5.32 Å². The van der Waals surface area contributed by atoms with E-state index < -0.39 is 18.0 Å². The van der Waals surface area contributed by atoms with Gasteiger partial charge < -0.3 is 15.2 Å². The van der Waals surface area contributed by atoms with Crippen molar-refractivity contribution in [3.8, 4) is 0 Å². The summed E-state index contributed by atoms with van der Waals surface area (Å²) in [5, 5.41) is 13.0. The van der Waals surface area contributed by atoms with Crippen LogP contribution >= 0.6 is 0 Å². The van der Waals surface area contributed by atoms with Gasteiger partial charge in [-0.15, -0.1) is 0 Å². The van der Waals surface area contributed by atoms with E-state index in [4.69, 9.17) is 4.74 Å². The predicted molar refractivity (Wildman–Crippen MR) is 83.5 cm³/mol. The van der Waals surface area contributed by atoms with Crippen molar-refractivity contribution in [2.24, 2.45) is 0 Å². The number of fused-ring (bicyclic) bond motifs is 1. The van der Waals surface area contributed by atoms with Gasteiger partial charge in [-0.05, 0) is 29.3 Å². The molecule has 1 amide bonds. The van der Waals surface area contributed by atoms with Gasteiger partial charge >= 0.3 is 0 Å². The Balaban J connectivity index is 1.81. The Morgan fingerprint density at radius 1 is 1.35 bits per heavy atom. The van der Waals surface area contributed by atoms with Crippen LogP contribution in [0.4, 0.5) is 4.39 Å². The maximum atomic E-state index is 13.6. The average molecular weight is 315 g/mol. The summed E-state index contributed by atoms with van der Waals surface area (Å²) in [5.41, 5.74) is 2.62. The van der Waals surface area contributed by atoms with Crippen molar-refractivity contribution in [2.75, 3.05) is 7.11 Å². The van der Waals surface area contributed by atoms with Gasteiger partial charge in [-0.2, -0.15) is 0 Å². The van der Waals surface area contributed by atoms with E-state index in [9.17, 15) is 14.3 Å². The number of aliphatic hydroxyl groups excluding tert-OH is 1. The number of methoxy groups -OCH3 is 1. The maximum absolute atomic E-state index is 13.6. The second-order valence-corrected chi connectivity index (χ2v) is 5.66. The van der Waals surface area contributed by atoms with Gasteiger partial charge in [0.1, 0.15) is 5.82 Å². The molecule has 23 heavy (non-hydrogen) atoms. The molecule has 0 aliphatic heterocycles. The molecule has 120 valence electrons. The molecule has 0 fully saturated rings. The molecule has 0 unspecified atom stereocenters. The Hall–Kier alpha value is -2.24. The van der Waals surface area contributed by atoms with Crippen LogP contribution in [-0.4, -0.2) is 24.2 Å². The molecule has 0 saturated heterocycles. The quantitative estimate of drug-likeness (QED) is 0.910. The summed E-state index contributed by atoms with van der Waals surface area (Å²) in [6.45, 7) is 0.0990. The third kappa shape index (κ3) is 3.11. The monoisotopic (exact) mass is 315 g/mol. The summed E-state index contributed by atoms with van der Waals surface area (Å²) in [6.07, 6.45) is -0.144. The van der Waals surface area contributed by atoms with E-state index in [1.165, 1.54) is 25.3 Å². The topological polar surface area (TPSA) is 58.6 Å². The highest BCUT2D eigenvalue weighted by Crippen LogP contribution is 2.31. The van der Waals surface area contributed by atoms with E-state index in [1.54, 1.807) is 0 Å². The van der Waals surface area contributed by atoms with E-state index in [0.29, 0.717) is 17.5 Å². The number of benzene rings is 2. The van der Waals surface area contributed by atoms with Crippen molar-refractivity contribution in [2.45, 2.75) is 25.2 Å². The standard InChI is InChI=1S/C18H18FNO3/c1-23-10-13-8-12(6-7-15(13)19)18(22)20-17-14-5-3-2-4-11(14)9-16(17)21/h2-8,16-17,21H,9-10H2,1H3,(H,20,22)/t16-,17+/m0/s1. The predicted octanol–water partition coefficient (Wildman–Crippen LogP) is 2.36. The number of halogens is 1. The molecule has 0 aromatic heterocycles. The zero-order valence-electron chi connectivity index (χ0n) is 12.8. The van der Waals surface area contributed by atoms with Gasteiger partial charge in [0.15, 0.2) is 0 Å². The number of aliphatic hydroxyl groups is 1. The molecule has 2 aromatic carbocycles. The van der Waals surface area contributed by atoms with Gasteiger partial charge in [-0.3, -0.25) is 4.79 Å². The lowest BCUT2D eigenvalue weighted by Gasteiger charge is -2.18. The van der Waals surface area contributed by atoms with Crippen molar-refractivity contribution < 1.29 is 19.0 Å². The van der Waals surface area contributed by atoms with E-state index in [0.717, 1.165) is 11.1 Å². The maximum Gasteiger partial charge on any atom is 0.251 e. The van der Waals surface area contributed by atoms with Crippen LogP contribution in [-0.2, 0) is 17.8 Å². The number of hydrogen-bond donors (Lipinski definition) is 2. The van der Waals surface area contributed by atoms with Gasteiger partial charge in [0.2, 0.25) is 0 Å². The van der Waals surface area contributed by atoms with Crippen LogP contribution < -0.4 is 5.32 Å². The first-order chi connectivity index (χ1) is 11.1. The minimum absolute atomic E-state index is 0.0990. The summed E-state index contributed by atoms with van der Waals surface area (Å²) in [6, 6.07) is 11.3. The molecule has 4 nitrogen and oxygen atoms in total. The lowest BCUT2D eigenvalue weighted by molar-refractivity contribution is 0.0858. The molecule has 3 rings (SSSR count). The van der Waals surface area contributed by atoms with Crippen LogP contribution in [0.2, 0.25) is 0 Å². The number of rotatable bonds is 4. The molecule has 2 aromatic rings. The molecule has 2 atom stereocenters. The van der Waals surface area contributed by atoms with Crippen LogP contribution in [0.3, 0.4) is 0 Å². The fourth-order valence-electron chi connectivity index (χ4n) is 2.95. The van der Waals surface area contributed by atoms with Crippen LogP contribution in [0.1, 0.15) is 33.1 Å². The highest BCUT2D eigenvalue weighted by molar-refractivity contribution is 5.94. The van der Waals surface area contributed by atoms with Crippen LogP contribution in [0.25, 0.3) is 0 Å².